The third-order valence-corrected chi connectivity index (χ3v) is 4.91. The van der Waals surface area contributed by atoms with Gasteiger partial charge in [0.1, 0.15) is 17.4 Å². The molecule has 1 amide bonds. The number of nitrogens with zero attached hydrogens (tertiary/aromatic N) is 1. The summed E-state index contributed by atoms with van der Waals surface area (Å²) in [6, 6.07) is 12.2. The van der Waals surface area contributed by atoms with E-state index in [9.17, 15) is 18.4 Å². The number of nitriles is 1. The second-order valence-electron chi connectivity index (χ2n) is 6.34. The van der Waals surface area contributed by atoms with Gasteiger partial charge in [0.15, 0.2) is 0 Å². The molecule has 1 heterocycles. The maximum Gasteiger partial charge on any atom is 0.343 e. The molecular formula is C21H15BrF2N2O3. The Kier molecular flexibility index (Phi) is 6.39. The number of alkyl halides is 2. The Morgan fingerprint density at radius 1 is 1.28 bits per heavy atom. The van der Waals surface area contributed by atoms with Crippen LogP contribution >= 0.6 is 15.9 Å². The van der Waals surface area contributed by atoms with Crippen LogP contribution in [0, 0.1) is 11.3 Å². The highest BCUT2D eigenvalue weighted by Gasteiger charge is 2.25. The van der Waals surface area contributed by atoms with Crippen LogP contribution < -0.4 is 10.1 Å². The maximum atomic E-state index is 13.1. The van der Waals surface area contributed by atoms with Gasteiger partial charge in [-0.3, -0.25) is 4.79 Å². The van der Waals surface area contributed by atoms with E-state index < -0.39 is 30.8 Å². The molecule has 3 rings (SSSR count). The molecule has 0 fully saturated rings. The van der Waals surface area contributed by atoms with Gasteiger partial charge in [0, 0.05) is 10.9 Å². The van der Waals surface area contributed by atoms with Crippen molar-refractivity contribution in [2.24, 2.45) is 0 Å². The van der Waals surface area contributed by atoms with Gasteiger partial charge < -0.3 is 10.1 Å². The number of nitrogens with one attached hydrogen (secondary N) is 1. The number of benzene rings is 2. The summed E-state index contributed by atoms with van der Waals surface area (Å²) in [4.78, 5) is 24.2. The summed E-state index contributed by atoms with van der Waals surface area (Å²) in [6.07, 6.45) is -1.38. The van der Waals surface area contributed by atoms with E-state index in [0.29, 0.717) is 17.5 Å². The molecule has 2 aromatic rings. The zero-order chi connectivity index (χ0) is 21.0. The fourth-order valence-corrected chi connectivity index (χ4v) is 3.27. The second kappa shape index (κ2) is 8.97. The van der Waals surface area contributed by atoms with Gasteiger partial charge in [0.2, 0.25) is 6.43 Å². The Labute approximate surface area is 174 Å². The van der Waals surface area contributed by atoms with Crippen LogP contribution in [0.15, 0.2) is 58.6 Å². The van der Waals surface area contributed by atoms with Crippen molar-refractivity contribution in [3.63, 3.8) is 0 Å². The Morgan fingerprint density at radius 3 is 2.62 bits per heavy atom. The van der Waals surface area contributed by atoms with Crippen LogP contribution in [0.3, 0.4) is 0 Å². The molecular weight excluding hydrogens is 446 g/mol. The molecule has 1 aliphatic rings. The Bertz CT molecular complexity index is 1010. The summed E-state index contributed by atoms with van der Waals surface area (Å²) < 4.78 is 32.3. The summed E-state index contributed by atoms with van der Waals surface area (Å²) in [5, 5.41) is 11.5. The van der Waals surface area contributed by atoms with Crippen molar-refractivity contribution in [1.82, 2.24) is 5.32 Å². The predicted molar refractivity (Wildman–Crippen MR) is 104 cm³/mol. The predicted octanol–water partition coefficient (Wildman–Crippen LogP) is 4.49. The van der Waals surface area contributed by atoms with E-state index in [0.717, 1.165) is 4.47 Å². The molecule has 5 nitrogen and oxygen atoms in total. The van der Waals surface area contributed by atoms with Gasteiger partial charge >= 0.3 is 5.97 Å². The van der Waals surface area contributed by atoms with Crippen LogP contribution in [0.1, 0.15) is 33.9 Å². The third-order valence-electron chi connectivity index (χ3n) is 4.38. The van der Waals surface area contributed by atoms with Crippen molar-refractivity contribution < 1.29 is 23.1 Å². The topological polar surface area (TPSA) is 79.2 Å². The number of hydrogen-bond acceptors (Lipinski definition) is 4. The highest BCUT2D eigenvalue weighted by molar-refractivity contribution is 9.10. The van der Waals surface area contributed by atoms with Crippen molar-refractivity contribution in [3.05, 3.63) is 75.3 Å². The largest absolute Gasteiger partial charge is 0.423 e. The first-order valence-corrected chi connectivity index (χ1v) is 9.46. The van der Waals surface area contributed by atoms with E-state index in [4.69, 9.17) is 10.00 Å². The van der Waals surface area contributed by atoms with E-state index in [1.807, 2.05) is 0 Å². The van der Waals surface area contributed by atoms with Crippen molar-refractivity contribution >= 4 is 27.8 Å². The number of esters is 1. The van der Waals surface area contributed by atoms with E-state index in [-0.39, 0.29) is 16.9 Å². The van der Waals surface area contributed by atoms with Gasteiger partial charge in [-0.1, -0.05) is 28.1 Å². The average Bonchev–Trinajstić information content (AvgIpc) is 2.68. The Hall–Kier alpha value is -3.05. The maximum absolute atomic E-state index is 13.1. The monoisotopic (exact) mass is 460 g/mol. The van der Waals surface area contributed by atoms with Gasteiger partial charge in [-0.25, -0.2) is 13.6 Å². The highest BCUT2D eigenvalue weighted by Crippen LogP contribution is 2.30. The molecule has 1 aliphatic heterocycles. The summed E-state index contributed by atoms with van der Waals surface area (Å²) in [6.45, 7) is 0. The lowest BCUT2D eigenvalue weighted by Gasteiger charge is -2.24. The number of hydrogen-bond donors (Lipinski definition) is 1. The number of amides is 1. The van der Waals surface area contributed by atoms with Gasteiger partial charge in [-0.05, 0) is 53.9 Å². The van der Waals surface area contributed by atoms with Crippen LogP contribution in [0.25, 0.3) is 0 Å². The summed E-state index contributed by atoms with van der Waals surface area (Å²) in [5.74, 6) is -1.02. The lowest BCUT2D eigenvalue weighted by molar-refractivity contribution is -0.118. The molecule has 29 heavy (non-hydrogen) atoms. The lowest BCUT2D eigenvalue weighted by Crippen LogP contribution is -2.33. The molecule has 8 heteroatoms. The fraction of sp³-hybridized carbons (Fsp3) is 0.190. The van der Waals surface area contributed by atoms with E-state index >= 15 is 0 Å². The van der Waals surface area contributed by atoms with Crippen molar-refractivity contribution in [2.75, 3.05) is 0 Å². The van der Waals surface area contributed by atoms with Gasteiger partial charge in [0.05, 0.1) is 11.6 Å². The second-order valence-corrected chi connectivity index (χ2v) is 7.26. The summed E-state index contributed by atoms with van der Waals surface area (Å²) >= 11 is 3.28. The minimum atomic E-state index is -2.62. The zero-order valence-electron chi connectivity index (χ0n) is 15.0. The molecule has 0 unspecified atom stereocenters. The SMILES string of the molecule is N#CC1=CC[C@H](c2ccc(OC(=O)c3ccc(Br)cc3)cc2CC(F)F)NC1=O. The zero-order valence-corrected chi connectivity index (χ0v) is 16.6. The fourth-order valence-electron chi connectivity index (χ4n) is 3.00. The first kappa shape index (κ1) is 20.7. The molecule has 1 atom stereocenters. The number of halogens is 3. The van der Waals surface area contributed by atoms with Crippen LogP contribution in [-0.4, -0.2) is 18.3 Å². The van der Waals surface area contributed by atoms with Gasteiger partial charge in [-0.2, -0.15) is 5.26 Å². The molecule has 148 valence electrons. The summed E-state index contributed by atoms with van der Waals surface area (Å²) in [5.41, 5.74) is 1.08. The molecule has 0 aromatic heterocycles. The standard InChI is InChI=1S/C21H15BrF2N2O3/c22-15-4-1-12(2-5-15)21(28)29-16-6-7-17(14(9-16)10-19(23)24)18-8-3-13(11-25)20(27)26-18/h1-7,9,18-19H,8,10H2,(H,26,27)/t18-/m1/s1. The normalized spacial score (nSPS) is 16.0. The minimum Gasteiger partial charge on any atom is -0.423 e. The molecule has 1 N–H and O–H groups in total. The smallest absolute Gasteiger partial charge is 0.343 e. The molecule has 2 aromatic carbocycles. The quantitative estimate of drug-likeness (QED) is 0.526. The lowest BCUT2D eigenvalue weighted by atomic mass is 9.93. The summed E-state index contributed by atoms with van der Waals surface area (Å²) in [7, 11) is 0. The molecule has 0 aliphatic carbocycles. The number of carbonyl (C=O) groups is 2. The first-order valence-electron chi connectivity index (χ1n) is 8.67. The Morgan fingerprint density at radius 2 is 2.00 bits per heavy atom. The van der Waals surface area contributed by atoms with Gasteiger partial charge in [0.25, 0.3) is 5.91 Å². The van der Waals surface area contributed by atoms with Crippen LogP contribution in [0.4, 0.5) is 8.78 Å². The van der Waals surface area contributed by atoms with Gasteiger partial charge in [-0.15, -0.1) is 0 Å². The highest BCUT2D eigenvalue weighted by atomic mass is 79.9. The Balaban J connectivity index is 1.85. The van der Waals surface area contributed by atoms with Crippen molar-refractivity contribution in [1.29, 1.82) is 5.26 Å². The van der Waals surface area contributed by atoms with Crippen LogP contribution in [0.5, 0.6) is 5.75 Å². The molecule has 0 spiro atoms. The van der Waals surface area contributed by atoms with E-state index in [1.54, 1.807) is 36.4 Å². The number of rotatable bonds is 5. The van der Waals surface area contributed by atoms with E-state index in [2.05, 4.69) is 21.2 Å². The van der Waals surface area contributed by atoms with Crippen LogP contribution in [0.2, 0.25) is 0 Å². The van der Waals surface area contributed by atoms with Crippen molar-refractivity contribution in [2.45, 2.75) is 25.3 Å². The van der Waals surface area contributed by atoms with Crippen molar-refractivity contribution in [3.8, 4) is 11.8 Å². The third kappa shape index (κ3) is 5.06. The minimum absolute atomic E-state index is 0.00305. The molecule has 0 saturated carbocycles. The molecule has 0 bridgehead atoms. The number of ether oxygens (including phenoxy) is 1. The molecule has 0 radical (unpaired) electrons. The van der Waals surface area contributed by atoms with Crippen LogP contribution in [-0.2, 0) is 11.2 Å². The molecule has 0 saturated heterocycles. The average molecular weight is 461 g/mol. The van der Waals surface area contributed by atoms with E-state index in [1.165, 1.54) is 18.2 Å². The number of carbonyl (C=O) groups excluding carboxylic acids is 2. The first-order chi connectivity index (χ1) is 13.9.